The molecule has 7 nitrogen and oxygen atoms in total. The van der Waals surface area contributed by atoms with Gasteiger partial charge in [-0.3, -0.25) is 4.79 Å². The van der Waals surface area contributed by atoms with Gasteiger partial charge in [0.25, 0.3) is 0 Å². The van der Waals surface area contributed by atoms with Crippen LogP contribution in [-0.4, -0.2) is 60.3 Å². The van der Waals surface area contributed by atoms with Crippen LogP contribution in [0, 0.1) is 6.92 Å². The molecule has 0 radical (unpaired) electrons. The lowest BCUT2D eigenvalue weighted by molar-refractivity contribution is -0.121. The summed E-state index contributed by atoms with van der Waals surface area (Å²) in [6, 6.07) is 5.92. The first-order chi connectivity index (χ1) is 11.8. The predicted octanol–water partition coefficient (Wildman–Crippen LogP) is 0.997. The molecule has 1 fully saturated rings. The Hall–Kier alpha value is -1.93. The molecule has 1 aromatic heterocycles. The highest BCUT2D eigenvalue weighted by Gasteiger charge is 2.30. The molecule has 1 amide bonds. The molecule has 136 valence electrons. The minimum atomic E-state index is -2.89. The highest BCUT2D eigenvalue weighted by molar-refractivity contribution is 7.91. The van der Waals surface area contributed by atoms with Gasteiger partial charge in [0.05, 0.1) is 22.5 Å². The molecule has 8 heteroatoms. The average Bonchev–Trinajstić information content (AvgIpc) is 3.11. The lowest BCUT2D eigenvalue weighted by Gasteiger charge is -2.22. The van der Waals surface area contributed by atoms with Gasteiger partial charge in [-0.15, -0.1) is 0 Å². The van der Waals surface area contributed by atoms with Crippen molar-refractivity contribution in [3.63, 3.8) is 0 Å². The third kappa shape index (κ3) is 4.58. The molecule has 2 N–H and O–H groups in total. The van der Waals surface area contributed by atoms with E-state index in [0.717, 1.165) is 22.4 Å². The number of hydrogen-bond acceptors (Lipinski definition) is 5. The van der Waals surface area contributed by atoms with E-state index in [1.807, 2.05) is 37.1 Å². The van der Waals surface area contributed by atoms with E-state index in [2.05, 4.69) is 15.3 Å². The number of hydrogen-bond donors (Lipinski definition) is 2. The van der Waals surface area contributed by atoms with E-state index >= 15 is 0 Å². The number of amides is 1. The first-order valence-corrected chi connectivity index (χ1v) is 10.3. The first-order valence-electron chi connectivity index (χ1n) is 8.45. The lowest BCUT2D eigenvalue weighted by atomic mass is 10.2. The van der Waals surface area contributed by atoms with Gasteiger partial charge in [0, 0.05) is 25.6 Å². The second-order valence-corrected chi connectivity index (χ2v) is 8.97. The van der Waals surface area contributed by atoms with E-state index in [-0.39, 0.29) is 23.5 Å². The van der Waals surface area contributed by atoms with Crippen molar-refractivity contribution in [3.05, 3.63) is 29.6 Å². The third-order valence-electron chi connectivity index (χ3n) is 4.68. The third-order valence-corrected chi connectivity index (χ3v) is 6.43. The van der Waals surface area contributed by atoms with Crippen molar-refractivity contribution in [2.45, 2.75) is 32.4 Å². The van der Waals surface area contributed by atoms with Crippen LogP contribution in [0.1, 0.15) is 24.2 Å². The van der Waals surface area contributed by atoms with Gasteiger partial charge in [-0.1, -0.05) is 6.07 Å². The summed E-state index contributed by atoms with van der Waals surface area (Å²) in [5.74, 6) is 1.29. The highest BCUT2D eigenvalue weighted by Crippen LogP contribution is 2.16. The molecular weight excluding hydrogens is 340 g/mol. The van der Waals surface area contributed by atoms with Crippen molar-refractivity contribution in [3.8, 4) is 0 Å². The molecule has 25 heavy (non-hydrogen) atoms. The summed E-state index contributed by atoms with van der Waals surface area (Å²) in [6.07, 6.45) is 1.02. The first kappa shape index (κ1) is 17.9. The Kier molecular flexibility index (Phi) is 5.10. The number of aromatic amines is 1. The Morgan fingerprint density at radius 1 is 1.44 bits per heavy atom. The molecule has 0 aliphatic carbocycles. The average molecular weight is 364 g/mol. The number of sulfone groups is 1. The van der Waals surface area contributed by atoms with E-state index in [1.165, 1.54) is 0 Å². The van der Waals surface area contributed by atoms with Crippen LogP contribution in [0.2, 0.25) is 0 Å². The number of H-pyrrole nitrogens is 1. The minimum Gasteiger partial charge on any atom is -0.352 e. The normalized spacial score (nSPS) is 19.6. The number of rotatable bonds is 6. The highest BCUT2D eigenvalue weighted by atomic mass is 32.2. The van der Waals surface area contributed by atoms with Crippen LogP contribution in [0.25, 0.3) is 11.0 Å². The molecule has 1 aliphatic heterocycles. The Morgan fingerprint density at radius 2 is 2.24 bits per heavy atom. The van der Waals surface area contributed by atoms with Gasteiger partial charge in [-0.25, -0.2) is 13.4 Å². The van der Waals surface area contributed by atoms with Crippen LogP contribution in [0.3, 0.4) is 0 Å². The number of fused-ring (bicyclic) bond motifs is 1. The fourth-order valence-corrected chi connectivity index (χ4v) is 4.97. The molecule has 1 unspecified atom stereocenters. The topological polar surface area (TPSA) is 95.2 Å². The number of carbonyl (C=O) groups excluding carboxylic acids is 1. The van der Waals surface area contributed by atoms with E-state index in [9.17, 15) is 13.2 Å². The number of aromatic nitrogens is 2. The smallest absolute Gasteiger partial charge is 0.221 e. The standard InChI is InChI=1S/C17H24N4O3S/c1-12-19-15-4-3-13(9-16(15)20-12)10-18-17(22)5-7-21(2)14-6-8-25(23,24)11-14/h3-4,9,14H,5-8,10-11H2,1-2H3,(H,18,22)(H,19,20). The fraction of sp³-hybridized carbons (Fsp3) is 0.529. The van der Waals surface area contributed by atoms with E-state index in [0.29, 0.717) is 25.9 Å². The summed E-state index contributed by atoms with van der Waals surface area (Å²) in [6.45, 7) is 2.94. The molecule has 1 atom stereocenters. The minimum absolute atomic E-state index is 0.0313. The second-order valence-electron chi connectivity index (χ2n) is 6.74. The SMILES string of the molecule is Cc1nc2ccc(CNC(=O)CCN(C)C3CCS(=O)(=O)C3)cc2[nH]1. The van der Waals surface area contributed by atoms with Crippen LogP contribution in [0.15, 0.2) is 18.2 Å². The van der Waals surface area contributed by atoms with Crippen LogP contribution in [-0.2, 0) is 21.2 Å². The zero-order chi connectivity index (χ0) is 18.0. The molecule has 1 aliphatic rings. The van der Waals surface area contributed by atoms with Crippen LogP contribution in [0.5, 0.6) is 0 Å². The Bertz CT molecular complexity index is 875. The molecule has 1 aromatic carbocycles. The lowest BCUT2D eigenvalue weighted by Crippen LogP contribution is -2.36. The maximum absolute atomic E-state index is 12.1. The molecular formula is C17H24N4O3S. The molecule has 3 rings (SSSR count). The van der Waals surface area contributed by atoms with Crippen molar-refractivity contribution in [2.24, 2.45) is 0 Å². The summed E-state index contributed by atoms with van der Waals surface area (Å²) < 4.78 is 23.0. The van der Waals surface area contributed by atoms with Gasteiger partial charge in [-0.05, 0) is 38.1 Å². The number of benzene rings is 1. The molecule has 0 spiro atoms. The quantitative estimate of drug-likeness (QED) is 0.797. The number of imidazole rings is 1. The van der Waals surface area contributed by atoms with E-state index < -0.39 is 9.84 Å². The van der Waals surface area contributed by atoms with Gasteiger partial charge in [-0.2, -0.15) is 0 Å². The van der Waals surface area contributed by atoms with Gasteiger partial charge in [0.1, 0.15) is 5.82 Å². The van der Waals surface area contributed by atoms with Crippen molar-refractivity contribution >= 4 is 26.8 Å². The summed E-state index contributed by atoms with van der Waals surface area (Å²) in [7, 11) is -1.01. The van der Waals surface area contributed by atoms with Gasteiger partial charge in [0.15, 0.2) is 9.84 Å². The molecule has 1 saturated heterocycles. The zero-order valence-corrected chi connectivity index (χ0v) is 15.4. The van der Waals surface area contributed by atoms with Crippen molar-refractivity contribution in [1.82, 2.24) is 20.2 Å². The maximum atomic E-state index is 12.1. The Labute approximate surface area is 147 Å². The molecule has 2 heterocycles. The Morgan fingerprint density at radius 3 is 2.96 bits per heavy atom. The van der Waals surface area contributed by atoms with Crippen molar-refractivity contribution in [2.75, 3.05) is 25.1 Å². The largest absolute Gasteiger partial charge is 0.352 e. The number of nitrogens with zero attached hydrogens (tertiary/aromatic N) is 2. The van der Waals surface area contributed by atoms with Gasteiger partial charge >= 0.3 is 0 Å². The van der Waals surface area contributed by atoms with Crippen LogP contribution >= 0.6 is 0 Å². The summed E-state index contributed by atoms with van der Waals surface area (Å²) in [5.41, 5.74) is 2.90. The number of aryl methyl sites for hydroxylation is 1. The Balaban J connectivity index is 1.45. The molecule has 0 bridgehead atoms. The number of nitrogens with one attached hydrogen (secondary N) is 2. The van der Waals surface area contributed by atoms with Crippen molar-refractivity contribution < 1.29 is 13.2 Å². The van der Waals surface area contributed by atoms with Gasteiger partial charge < -0.3 is 15.2 Å². The molecule has 2 aromatic rings. The monoisotopic (exact) mass is 364 g/mol. The summed E-state index contributed by atoms with van der Waals surface area (Å²) >= 11 is 0. The summed E-state index contributed by atoms with van der Waals surface area (Å²) in [4.78, 5) is 21.6. The second kappa shape index (κ2) is 7.13. The van der Waals surface area contributed by atoms with Crippen LogP contribution < -0.4 is 5.32 Å². The van der Waals surface area contributed by atoms with E-state index in [4.69, 9.17) is 0 Å². The van der Waals surface area contributed by atoms with E-state index in [1.54, 1.807) is 0 Å². The zero-order valence-electron chi connectivity index (χ0n) is 14.6. The summed E-state index contributed by atoms with van der Waals surface area (Å²) in [5, 5.41) is 2.91. The molecule has 0 saturated carbocycles. The maximum Gasteiger partial charge on any atom is 0.221 e. The predicted molar refractivity (Wildman–Crippen MR) is 97.0 cm³/mol. The fourth-order valence-electron chi connectivity index (χ4n) is 3.17. The van der Waals surface area contributed by atoms with Gasteiger partial charge in [0.2, 0.25) is 5.91 Å². The number of carbonyl (C=O) groups is 1. The van der Waals surface area contributed by atoms with Crippen molar-refractivity contribution in [1.29, 1.82) is 0 Å². The van der Waals surface area contributed by atoms with Crippen LogP contribution in [0.4, 0.5) is 0 Å².